The van der Waals surface area contributed by atoms with Crippen LogP contribution < -0.4 is 5.32 Å². The van der Waals surface area contributed by atoms with Crippen molar-refractivity contribution in [2.75, 3.05) is 0 Å². The summed E-state index contributed by atoms with van der Waals surface area (Å²) in [7, 11) is 0. The van der Waals surface area contributed by atoms with Crippen molar-refractivity contribution in [2.45, 2.75) is 25.9 Å². The summed E-state index contributed by atoms with van der Waals surface area (Å²) >= 11 is 1.57. The Labute approximate surface area is 201 Å². The summed E-state index contributed by atoms with van der Waals surface area (Å²) in [5.74, 6) is 0.896. The van der Waals surface area contributed by atoms with Gasteiger partial charge in [0.25, 0.3) is 0 Å². The van der Waals surface area contributed by atoms with Crippen LogP contribution in [0.25, 0.3) is 22.6 Å². The lowest BCUT2D eigenvalue weighted by Gasteiger charge is -2.12. The molecule has 0 aliphatic carbocycles. The minimum Gasteiger partial charge on any atom is -0.421 e. The number of benzene rings is 2. The topological polar surface area (TPSA) is 85.8 Å². The maximum atomic E-state index is 12.5. The lowest BCUT2D eigenvalue weighted by atomic mass is 9.98. The van der Waals surface area contributed by atoms with Crippen LogP contribution in [0.3, 0.4) is 0 Å². The van der Waals surface area contributed by atoms with E-state index in [4.69, 9.17) is 4.42 Å². The van der Waals surface area contributed by atoms with Crippen LogP contribution in [0.4, 0.5) is 0 Å². The number of carbonyl (C=O) groups excluding carboxylic acids is 1. The van der Waals surface area contributed by atoms with Crippen molar-refractivity contribution in [3.05, 3.63) is 101 Å². The van der Waals surface area contributed by atoms with Crippen LogP contribution in [0.1, 0.15) is 23.4 Å². The first kappa shape index (κ1) is 21.8. The highest BCUT2D eigenvalue weighted by atomic mass is 32.1. The number of nitrogens with zero attached hydrogens (tertiary/aromatic N) is 4. The van der Waals surface area contributed by atoms with Crippen molar-refractivity contribution in [1.82, 2.24) is 25.3 Å². The van der Waals surface area contributed by atoms with Crippen molar-refractivity contribution < 1.29 is 9.21 Å². The molecule has 0 radical (unpaired) electrons. The van der Waals surface area contributed by atoms with Crippen LogP contribution in [0.5, 0.6) is 0 Å². The van der Waals surface area contributed by atoms with Gasteiger partial charge in [-0.15, -0.1) is 10.2 Å². The Morgan fingerprint density at radius 1 is 1.00 bits per heavy atom. The van der Waals surface area contributed by atoms with Crippen LogP contribution in [0.15, 0.2) is 88.2 Å². The van der Waals surface area contributed by atoms with Crippen LogP contribution in [-0.2, 0) is 24.3 Å². The highest BCUT2D eigenvalue weighted by Gasteiger charge is 2.12. The number of aromatic nitrogens is 4. The largest absolute Gasteiger partial charge is 0.421 e. The zero-order valence-electron chi connectivity index (χ0n) is 18.4. The second kappa shape index (κ2) is 10.3. The quantitative estimate of drug-likeness (QED) is 0.330. The van der Waals surface area contributed by atoms with Gasteiger partial charge in [-0.3, -0.25) is 9.48 Å². The standard InChI is InChI=1S/C26H23N5O2S/c32-24(10-11-25-29-30-26(33-25)22-12-15-34-18-22)27-16-21-4-1-2-5-23(21)20-8-6-19(7-9-20)17-31-14-3-13-28-31/h1-9,12-15,18H,10-11,16-17H2,(H,27,32). The average Bonchev–Trinajstić information content (AvgIpc) is 3.65. The molecule has 8 heteroatoms. The molecule has 0 aliphatic rings. The second-order valence-electron chi connectivity index (χ2n) is 7.85. The summed E-state index contributed by atoms with van der Waals surface area (Å²) < 4.78 is 7.56. The van der Waals surface area contributed by atoms with E-state index >= 15 is 0 Å². The van der Waals surface area contributed by atoms with Crippen molar-refractivity contribution in [3.8, 4) is 22.6 Å². The minimum absolute atomic E-state index is 0.0559. The molecule has 0 saturated heterocycles. The van der Waals surface area contributed by atoms with Crippen LogP contribution >= 0.6 is 11.3 Å². The number of carbonyl (C=O) groups is 1. The predicted octanol–water partition coefficient (Wildman–Crippen LogP) is 4.96. The van der Waals surface area contributed by atoms with E-state index in [-0.39, 0.29) is 12.3 Å². The van der Waals surface area contributed by atoms with Gasteiger partial charge in [0, 0.05) is 42.7 Å². The van der Waals surface area contributed by atoms with Gasteiger partial charge in [0.1, 0.15) is 0 Å². The monoisotopic (exact) mass is 469 g/mol. The van der Waals surface area contributed by atoms with Gasteiger partial charge >= 0.3 is 0 Å². The third-order valence-corrected chi connectivity index (χ3v) is 6.15. The van der Waals surface area contributed by atoms with Crippen molar-refractivity contribution in [2.24, 2.45) is 0 Å². The van der Waals surface area contributed by atoms with Gasteiger partial charge in [-0.2, -0.15) is 16.4 Å². The smallest absolute Gasteiger partial charge is 0.248 e. The Hall–Kier alpha value is -4.04. The van der Waals surface area contributed by atoms with Crippen LogP contribution in [0, 0.1) is 0 Å². The Bertz CT molecular complexity index is 1340. The SMILES string of the molecule is O=C(CCc1nnc(-c2ccsc2)o1)NCc1ccccc1-c1ccc(Cn2cccn2)cc1. The normalized spacial score (nSPS) is 10.9. The van der Waals surface area contributed by atoms with Gasteiger partial charge in [0.2, 0.25) is 17.7 Å². The van der Waals surface area contributed by atoms with E-state index in [1.54, 1.807) is 17.5 Å². The number of hydrogen-bond acceptors (Lipinski definition) is 6. The van der Waals surface area contributed by atoms with Crippen molar-refractivity contribution >= 4 is 17.2 Å². The molecule has 0 saturated carbocycles. The zero-order chi connectivity index (χ0) is 23.2. The lowest BCUT2D eigenvalue weighted by Crippen LogP contribution is -2.23. The number of aryl methyl sites for hydroxylation is 1. The number of hydrogen-bond donors (Lipinski definition) is 1. The van der Waals surface area contributed by atoms with E-state index in [1.165, 1.54) is 5.56 Å². The number of rotatable bonds is 9. The molecule has 3 heterocycles. The van der Waals surface area contributed by atoms with Gasteiger partial charge in [-0.1, -0.05) is 48.5 Å². The Morgan fingerprint density at radius 3 is 2.68 bits per heavy atom. The first-order valence-corrected chi connectivity index (χ1v) is 12.0. The molecule has 5 aromatic rings. The van der Waals surface area contributed by atoms with E-state index in [2.05, 4.69) is 50.9 Å². The molecule has 170 valence electrons. The molecule has 34 heavy (non-hydrogen) atoms. The van der Waals surface area contributed by atoms with Crippen molar-refractivity contribution in [1.29, 1.82) is 0 Å². The molecular formula is C26H23N5O2S. The molecule has 3 aromatic heterocycles. The third kappa shape index (κ3) is 5.29. The highest BCUT2D eigenvalue weighted by Crippen LogP contribution is 2.24. The fraction of sp³-hybridized carbons (Fsp3) is 0.154. The number of thiophene rings is 1. The Morgan fingerprint density at radius 2 is 1.88 bits per heavy atom. The molecule has 0 bridgehead atoms. The predicted molar refractivity (Wildman–Crippen MR) is 131 cm³/mol. The fourth-order valence-electron chi connectivity index (χ4n) is 3.69. The van der Waals surface area contributed by atoms with Gasteiger partial charge in [0.15, 0.2) is 0 Å². The molecular weight excluding hydrogens is 446 g/mol. The van der Waals surface area contributed by atoms with E-state index in [0.29, 0.717) is 24.7 Å². The van der Waals surface area contributed by atoms with E-state index < -0.39 is 0 Å². The maximum Gasteiger partial charge on any atom is 0.248 e. The molecule has 7 nitrogen and oxygen atoms in total. The second-order valence-corrected chi connectivity index (χ2v) is 8.63. The van der Waals surface area contributed by atoms with Gasteiger partial charge in [-0.05, 0) is 39.8 Å². The summed E-state index contributed by atoms with van der Waals surface area (Å²) in [5, 5.41) is 19.3. The molecule has 0 aliphatic heterocycles. The summed E-state index contributed by atoms with van der Waals surface area (Å²) in [6.07, 6.45) is 4.42. The summed E-state index contributed by atoms with van der Waals surface area (Å²) in [6, 6.07) is 20.4. The summed E-state index contributed by atoms with van der Waals surface area (Å²) in [6.45, 7) is 1.19. The molecule has 2 aromatic carbocycles. The van der Waals surface area contributed by atoms with Gasteiger partial charge < -0.3 is 9.73 Å². The molecule has 0 spiro atoms. The maximum absolute atomic E-state index is 12.5. The van der Waals surface area contributed by atoms with Crippen LogP contribution in [0.2, 0.25) is 0 Å². The van der Waals surface area contributed by atoms with E-state index in [0.717, 1.165) is 28.8 Å². The molecule has 0 unspecified atom stereocenters. The Balaban J connectivity index is 1.17. The van der Waals surface area contributed by atoms with E-state index in [1.807, 2.05) is 52.0 Å². The minimum atomic E-state index is -0.0559. The molecule has 1 N–H and O–H groups in total. The first-order valence-electron chi connectivity index (χ1n) is 11.0. The van der Waals surface area contributed by atoms with Gasteiger partial charge in [0.05, 0.1) is 6.54 Å². The summed E-state index contributed by atoms with van der Waals surface area (Å²) in [5.41, 5.74) is 5.36. The molecule has 0 fully saturated rings. The molecule has 5 rings (SSSR count). The summed E-state index contributed by atoms with van der Waals surface area (Å²) in [4.78, 5) is 12.5. The third-order valence-electron chi connectivity index (χ3n) is 5.46. The highest BCUT2D eigenvalue weighted by molar-refractivity contribution is 7.08. The molecule has 1 amide bonds. The van der Waals surface area contributed by atoms with E-state index in [9.17, 15) is 4.79 Å². The lowest BCUT2D eigenvalue weighted by molar-refractivity contribution is -0.121. The Kier molecular flexibility index (Phi) is 6.58. The first-order chi connectivity index (χ1) is 16.7. The average molecular weight is 470 g/mol. The molecule has 0 atom stereocenters. The van der Waals surface area contributed by atoms with Gasteiger partial charge in [-0.25, -0.2) is 0 Å². The number of amides is 1. The fourth-order valence-corrected chi connectivity index (χ4v) is 4.32. The zero-order valence-corrected chi connectivity index (χ0v) is 19.2. The van der Waals surface area contributed by atoms with Crippen LogP contribution in [-0.4, -0.2) is 25.9 Å². The number of nitrogens with one attached hydrogen (secondary N) is 1. The van der Waals surface area contributed by atoms with Crippen molar-refractivity contribution in [3.63, 3.8) is 0 Å².